The van der Waals surface area contributed by atoms with Gasteiger partial charge >= 0.3 is 0 Å². The zero-order chi connectivity index (χ0) is 9.90. The van der Waals surface area contributed by atoms with Gasteiger partial charge in [0.05, 0.1) is 0 Å². The lowest BCUT2D eigenvalue weighted by atomic mass is 10.2. The maximum Gasteiger partial charge on any atom is 0.132 e. The van der Waals surface area contributed by atoms with E-state index in [9.17, 15) is 5.11 Å². The van der Waals surface area contributed by atoms with Crippen LogP contribution < -0.4 is 11.1 Å². The van der Waals surface area contributed by atoms with E-state index in [2.05, 4.69) is 5.32 Å². The minimum absolute atomic E-state index is 0. The molecule has 1 aromatic rings. The van der Waals surface area contributed by atoms with E-state index in [0.717, 1.165) is 11.4 Å². The van der Waals surface area contributed by atoms with Crippen LogP contribution in [0.5, 0.6) is 0 Å². The second-order valence-electron chi connectivity index (χ2n) is 3.37. The molecule has 0 aliphatic heterocycles. The summed E-state index contributed by atoms with van der Waals surface area (Å²) in [6.07, 6.45) is 0.650. The largest absolute Gasteiger partial charge is 0.399 e. The lowest BCUT2D eigenvalue weighted by Gasteiger charge is -2.24. The highest BCUT2D eigenvalue weighted by Gasteiger charge is 2.15. The molecule has 3 nitrogen and oxygen atoms in total. The monoisotopic (exact) mass is 252 g/mol. The third-order valence-electron chi connectivity index (χ3n) is 2.01. The summed E-state index contributed by atoms with van der Waals surface area (Å²) >= 11 is 0. The van der Waals surface area contributed by atoms with Gasteiger partial charge in [-0.25, -0.2) is 0 Å². The van der Waals surface area contributed by atoms with E-state index in [1.165, 1.54) is 0 Å². The van der Waals surface area contributed by atoms with E-state index in [0.29, 0.717) is 6.42 Å². The Balaban J connectivity index is 0. The average Bonchev–Trinajstić information content (AvgIpc) is 2.09. The molecule has 0 heterocycles. The molecule has 0 spiro atoms. The highest BCUT2D eigenvalue weighted by Crippen LogP contribution is 2.16. The summed E-state index contributed by atoms with van der Waals surface area (Å²) in [5.41, 5.74) is 6.28. The van der Waals surface area contributed by atoms with Crippen LogP contribution in [-0.2, 0) is 0 Å². The topological polar surface area (TPSA) is 58.3 Å². The van der Waals surface area contributed by atoms with Gasteiger partial charge in [-0.1, -0.05) is 6.92 Å². The van der Waals surface area contributed by atoms with Crippen molar-refractivity contribution in [2.24, 2.45) is 0 Å². The molecule has 0 aromatic heterocycles. The van der Waals surface area contributed by atoms with Crippen LogP contribution in [0.3, 0.4) is 0 Å². The highest BCUT2D eigenvalue weighted by atomic mass is 35.5. The number of rotatable bonds is 3. The zero-order valence-electron chi connectivity index (χ0n) is 8.86. The maximum atomic E-state index is 9.70. The minimum Gasteiger partial charge on any atom is -0.399 e. The van der Waals surface area contributed by atoms with Gasteiger partial charge in [0, 0.05) is 11.4 Å². The molecular weight excluding hydrogens is 235 g/mol. The summed E-state index contributed by atoms with van der Waals surface area (Å²) < 4.78 is 0. The molecule has 1 rings (SSSR count). The van der Waals surface area contributed by atoms with Crippen LogP contribution in [-0.4, -0.2) is 10.8 Å². The first-order valence-corrected chi connectivity index (χ1v) is 4.39. The van der Waals surface area contributed by atoms with Gasteiger partial charge in [0.2, 0.25) is 0 Å². The van der Waals surface area contributed by atoms with Crippen molar-refractivity contribution in [2.45, 2.75) is 26.0 Å². The molecule has 0 radical (unpaired) electrons. The van der Waals surface area contributed by atoms with Crippen molar-refractivity contribution in [3.8, 4) is 0 Å². The van der Waals surface area contributed by atoms with Gasteiger partial charge in [0.25, 0.3) is 0 Å². The van der Waals surface area contributed by atoms with E-state index in [-0.39, 0.29) is 24.8 Å². The van der Waals surface area contributed by atoms with E-state index in [1.54, 1.807) is 19.1 Å². The fraction of sp³-hybridized carbons (Fsp3) is 0.400. The predicted octanol–water partition coefficient (Wildman–Crippen LogP) is 2.64. The molecule has 0 saturated carbocycles. The van der Waals surface area contributed by atoms with E-state index in [4.69, 9.17) is 5.73 Å². The Morgan fingerprint density at radius 2 is 1.73 bits per heavy atom. The first kappa shape index (κ1) is 16.8. The SMILES string of the molecule is CC[C@@](C)(O)Nc1ccc(N)cc1.Cl.Cl. The van der Waals surface area contributed by atoms with Crippen molar-refractivity contribution in [2.75, 3.05) is 11.1 Å². The Hall–Kier alpha value is -0.640. The predicted molar refractivity (Wildman–Crippen MR) is 69.9 cm³/mol. The molecule has 4 N–H and O–H groups in total. The average molecular weight is 253 g/mol. The van der Waals surface area contributed by atoms with E-state index < -0.39 is 5.72 Å². The molecular formula is C10H18Cl2N2O. The van der Waals surface area contributed by atoms with E-state index in [1.807, 2.05) is 19.1 Å². The third kappa shape index (κ3) is 5.72. The number of nitrogens with two attached hydrogens (primary N) is 1. The van der Waals surface area contributed by atoms with Crippen molar-refractivity contribution < 1.29 is 5.11 Å². The summed E-state index contributed by atoms with van der Waals surface area (Å²) in [6.45, 7) is 3.66. The molecule has 1 atom stereocenters. The van der Waals surface area contributed by atoms with Crippen molar-refractivity contribution in [3.05, 3.63) is 24.3 Å². The number of anilines is 2. The molecule has 0 unspecified atom stereocenters. The van der Waals surface area contributed by atoms with Gasteiger partial charge in [-0.3, -0.25) is 0 Å². The lowest BCUT2D eigenvalue weighted by molar-refractivity contribution is 0.0862. The van der Waals surface area contributed by atoms with Crippen molar-refractivity contribution >= 4 is 36.2 Å². The van der Waals surface area contributed by atoms with Crippen molar-refractivity contribution in [1.29, 1.82) is 0 Å². The quantitative estimate of drug-likeness (QED) is 0.573. The molecule has 88 valence electrons. The fourth-order valence-electron chi connectivity index (χ4n) is 0.966. The molecule has 0 amide bonds. The van der Waals surface area contributed by atoms with Crippen LogP contribution >= 0.6 is 24.8 Å². The van der Waals surface area contributed by atoms with Gasteiger partial charge in [-0.15, -0.1) is 24.8 Å². The zero-order valence-corrected chi connectivity index (χ0v) is 10.5. The Morgan fingerprint density at radius 3 is 2.13 bits per heavy atom. The van der Waals surface area contributed by atoms with Crippen LogP contribution in [0.4, 0.5) is 11.4 Å². The van der Waals surface area contributed by atoms with Crippen LogP contribution in [0.15, 0.2) is 24.3 Å². The normalized spacial score (nSPS) is 13.0. The standard InChI is InChI=1S/C10H16N2O.2ClH/c1-3-10(2,13)12-9-6-4-8(11)5-7-9;;/h4-7,12-13H,3,11H2,1-2H3;2*1H/t10-;;/m1../s1. The second-order valence-corrected chi connectivity index (χ2v) is 3.37. The van der Waals surface area contributed by atoms with Crippen LogP contribution in [0.25, 0.3) is 0 Å². The fourth-order valence-corrected chi connectivity index (χ4v) is 0.966. The highest BCUT2D eigenvalue weighted by molar-refractivity contribution is 5.85. The number of nitrogens with one attached hydrogen (secondary N) is 1. The smallest absolute Gasteiger partial charge is 0.132 e. The number of hydrogen-bond acceptors (Lipinski definition) is 3. The summed E-state index contributed by atoms with van der Waals surface area (Å²) in [5, 5.41) is 12.7. The Bertz CT molecular complexity index is 275. The summed E-state index contributed by atoms with van der Waals surface area (Å²) in [6, 6.07) is 7.29. The number of halogens is 2. The molecule has 0 fully saturated rings. The van der Waals surface area contributed by atoms with Crippen LogP contribution in [0, 0.1) is 0 Å². The van der Waals surface area contributed by atoms with Crippen LogP contribution in [0.2, 0.25) is 0 Å². The van der Waals surface area contributed by atoms with Gasteiger partial charge in [0.1, 0.15) is 5.72 Å². The van der Waals surface area contributed by atoms with Gasteiger partial charge in [-0.05, 0) is 37.6 Å². The molecule has 0 saturated heterocycles. The maximum absolute atomic E-state index is 9.70. The molecule has 5 heteroatoms. The number of hydrogen-bond donors (Lipinski definition) is 3. The first-order valence-electron chi connectivity index (χ1n) is 4.39. The van der Waals surface area contributed by atoms with Gasteiger partial charge < -0.3 is 16.2 Å². The Labute approximate surface area is 103 Å². The molecule has 15 heavy (non-hydrogen) atoms. The minimum atomic E-state index is -0.851. The Morgan fingerprint density at radius 1 is 1.27 bits per heavy atom. The first-order chi connectivity index (χ1) is 6.03. The molecule has 0 bridgehead atoms. The molecule has 1 aromatic carbocycles. The lowest BCUT2D eigenvalue weighted by Crippen LogP contribution is -2.33. The van der Waals surface area contributed by atoms with Gasteiger partial charge in [0.15, 0.2) is 0 Å². The van der Waals surface area contributed by atoms with Gasteiger partial charge in [-0.2, -0.15) is 0 Å². The summed E-state index contributed by atoms with van der Waals surface area (Å²) in [4.78, 5) is 0. The number of benzene rings is 1. The van der Waals surface area contributed by atoms with Crippen molar-refractivity contribution in [3.63, 3.8) is 0 Å². The Kier molecular flexibility index (Phi) is 7.58. The van der Waals surface area contributed by atoms with Crippen LogP contribution in [0.1, 0.15) is 20.3 Å². The number of aliphatic hydroxyl groups is 1. The van der Waals surface area contributed by atoms with E-state index >= 15 is 0 Å². The summed E-state index contributed by atoms with van der Waals surface area (Å²) in [5.74, 6) is 0. The molecule has 0 aliphatic carbocycles. The summed E-state index contributed by atoms with van der Waals surface area (Å²) in [7, 11) is 0. The third-order valence-corrected chi connectivity index (χ3v) is 2.01. The molecule has 0 aliphatic rings. The van der Waals surface area contributed by atoms with Crippen molar-refractivity contribution in [1.82, 2.24) is 0 Å². The number of nitrogen functional groups attached to an aromatic ring is 1. The second kappa shape index (κ2) is 6.77.